The van der Waals surface area contributed by atoms with E-state index in [1.165, 1.54) is 0 Å². The lowest BCUT2D eigenvalue weighted by Crippen LogP contribution is -2.39. The second-order valence-electron chi connectivity index (χ2n) is 4.34. The Kier molecular flexibility index (Phi) is 3.42. The summed E-state index contributed by atoms with van der Waals surface area (Å²) in [5.41, 5.74) is 1.11. The first kappa shape index (κ1) is 11.6. The Morgan fingerprint density at radius 3 is 2.65 bits per heavy atom. The Hall–Kier alpha value is -1.84. The van der Waals surface area contributed by atoms with Gasteiger partial charge in [0.2, 0.25) is 5.91 Å². The van der Waals surface area contributed by atoms with E-state index < -0.39 is 12.0 Å². The normalized spacial score (nSPS) is 24.8. The van der Waals surface area contributed by atoms with Crippen LogP contribution in [0.4, 0.5) is 0 Å². The van der Waals surface area contributed by atoms with E-state index >= 15 is 0 Å². The number of nitrogens with one attached hydrogen (secondary N) is 1. The van der Waals surface area contributed by atoms with Gasteiger partial charge in [-0.3, -0.25) is 4.79 Å². The van der Waals surface area contributed by atoms with Crippen LogP contribution >= 0.6 is 0 Å². The van der Waals surface area contributed by atoms with Crippen molar-refractivity contribution in [3.05, 3.63) is 35.9 Å². The van der Waals surface area contributed by atoms with Gasteiger partial charge >= 0.3 is 5.97 Å². The van der Waals surface area contributed by atoms with Crippen LogP contribution in [0.25, 0.3) is 0 Å². The zero-order valence-electron chi connectivity index (χ0n) is 9.43. The summed E-state index contributed by atoms with van der Waals surface area (Å²) in [6.45, 7) is 0. The zero-order valence-corrected chi connectivity index (χ0v) is 9.43. The van der Waals surface area contributed by atoms with Crippen molar-refractivity contribution in [3.8, 4) is 0 Å². The third-order valence-electron chi connectivity index (χ3n) is 3.14. The molecule has 1 aliphatic rings. The maximum Gasteiger partial charge on any atom is 0.326 e. The summed E-state index contributed by atoms with van der Waals surface area (Å²) in [6, 6.07) is 9.00. The van der Waals surface area contributed by atoms with Gasteiger partial charge in [0.1, 0.15) is 6.04 Å². The Bertz CT molecular complexity index is 416. The maximum absolute atomic E-state index is 11.4. The number of carbonyl (C=O) groups excluding carboxylic acids is 1. The van der Waals surface area contributed by atoms with Crippen LogP contribution in [0.5, 0.6) is 0 Å². The van der Waals surface area contributed by atoms with E-state index in [4.69, 9.17) is 5.11 Å². The fraction of sp³-hybridized carbons (Fsp3) is 0.385. The van der Waals surface area contributed by atoms with E-state index in [1.54, 1.807) is 0 Å². The first-order valence-corrected chi connectivity index (χ1v) is 5.74. The van der Waals surface area contributed by atoms with Gasteiger partial charge in [0.15, 0.2) is 0 Å². The van der Waals surface area contributed by atoms with Crippen molar-refractivity contribution in [2.75, 3.05) is 0 Å². The van der Waals surface area contributed by atoms with Gasteiger partial charge in [0, 0.05) is 6.42 Å². The zero-order chi connectivity index (χ0) is 12.3. The van der Waals surface area contributed by atoms with Crippen LogP contribution in [0.15, 0.2) is 30.3 Å². The van der Waals surface area contributed by atoms with Gasteiger partial charge in [-0.25, -0.2) is 4.79 Å². The molecule has 4 heteroatoms. The van der Waals surface area contributed by atoms with Crippen LogP contribution in [0.1, 0.15) is 30.7 Å². The van der Waals surface area contributed by atoms with Crippen LogP contribution in [0, 0.1) is 0 Å². The Labute approximate surface area is 99.6 Å². The SMILES string of the molecule is O=C1CCC(c2ccccc2)CC(C(=O)O)N1. The lowest BCUT2D eigenvalue weighted by Gasteiger charge is -2.17. The molecule has 0 spiro atoms. The summed E-state index contributed by atoms with van der Waals surface area (Å²) >= 11 is 0. The molecule has 0 bridgehead atoms. The van der Waals surface area contributed by atoms with E-state index in [0.717, 1.165) is 5.56 Å². The number of carboxylic acids is 1. The summed E-state index contributed by atoms with van der Waals surface area (Å²) in [7, 11) is 0. The third-order valence-corrected chi connectivity index (χ3v) is 3.14. The van der Waals surface area contributed by atoms with Gasteiger partial charge in [-0.2, -0.15) is 0 Å². The number of carboxylic acid groups (broad SMARTS) is 1. The molecule has 1 saturated heterocycles. The topological polar surface area (TPSA) is 66.4 Å². The van der Waals surface area contributed by atoms with Crippen molar-refractivity contribution in [3.63, 3.8) is 0 Å². The molecule has 0 aromatic heterocycles. The van der Waals surface area contributed by atoms with E-state index in [0.29, 0.717) is 19.3 Å². The predicted molar refractivity (Wildman–Crippen MR) is 62.6 cm³/mol. The third kappa shape index (κ3) is 2.84. The second-order valence-corrected chi connectivity index (χ2v) is 4.34. The number of benzene rings is 1. The number of hydrogen-bond donors (Lipinski definition) is 2. The van der Waals surface area contributed by atoms with Gasteiger partial charge in [0.05, 0.1) is 0 Å². The quantitative estimate of drug-likeness (QED) is 0.814. The summed E-state index contributed by atoms with van der Waals surface area (Å²) in [5.74, 6) is -0.992. The minimum Gasteiger partial charge on any atom is -0.480 e. The molecule has 2 unspecified atom stereocenters. The second kappa shape index (κ2) is 4.99. The lowest BCUT2D eigenvalue weighted by molar-refractivity contribution is -0.141. The minimum absolute atomic E-state index is 0.135. The first-order chi connectivity index (χ1) is 8.16. The average Bonchev–Trinajstić information content (AvgIpc) is 2.52. The molecular weight excluding hydrogens is 218 g/mol. The molecule has 90 valence electrons. The predicted octanol–water partition coefficient (Wildman–Crippen LogP) is 1.52. The Morgan fingerprint density at radius 2 is 2.00 bits per heavy atom. The molecule has 2 atom stereocenters. The van der Waals surface area contributed by atoms with Crippen molar-refractivity contribution in [2.24, 2.45) is 0 Å². The van der Waals surface area contributed by atoms with Crippen molar-refractivity contribution >= 4 is 11.9 Å². The molecule has 2 N–H and O–H groups in total. The number of amides is 1. The van der Waals surface area contributed by atoms with Crippen LogP contribution in [0.2, 0.25) is 0 Å². The number of aliphatic carboxylic acids is 1. The highest BCUT2D eigenvalue weighted by Gasteiger charge is 2.28. The molecule has 17 heavy (non-hydrogen) atoms. The van der Waals surface area contributed by atoms with E-state index in [1.807, 2.05) is 30.3 Å². The van der Waals surface area contributed by atoms with Crippen LogP contribution in [-0.2, 0) is 9.59 Å². The molecule has 2 rings (SSSR count). The molecule has 4 nitrogen and oxygen atoms in total. The van der Waals surface area contributed by atoms with E-state index in [2.05, 4.69) is 5.32 Å². The largest absolute Gasteiger partial charge is 0.480 e. The molecule has 1 aliphatic heterocycles. The minimum atomic E-state index is -0.957. The van der Waals surface area contributed by atoms with Gasteiger partial charge in [-0.1, -0.05) is 30.3 Å². The molecule has 0 radical (unpaired) electrons. The fourth-order valence-electron chi connectivity index (χ4n) is 2.22. The average molecular weight is 233 g/mol. The number of rotatable bonds is 2. The monoisotopic (exact) mass is 233 g/mol. The Balaban J connectivity index is 2.18. The molecular formula is C13H15NO3. The lowest BCUT2D eigenvalue weighted by atomic mass is 9.89. The molecule has 1 fully saturated rings. The molecule has 1 heterocycles. The molecule has 1 aromatic rings. The van der Waals surface area contributed by atoms with Crippen molar-refractivity contribution in [1.82, 2.24) is 5.32 Å². The van der Waals surface area contributed by atoms with Gasteiger partial charge in [0.25, 0.3) is 0 Å². The van der Waals surface area contributed by atoms with E-state index in [-0.39, 0.29) is 11.8 Å². The molecule has 1 amide bonds. The first-order valence-electron chi connectivity index (χ1n) is 5.74. The number of hydrogen-bond acceptors (Lipinski definition) is 2. The highest BCUT2D eigenvalue weighted by molar-refractivity contribution is 5.84. The standard InChI is InChI=1S/C13H15NO3/c15-12-7-6-10(8-11(14-12)13(16)17)9-4-2-1-3-5-9/h1-5,10-11H,6-8H2,(H,14,15)(H,16,17). The maximum atomic E-state index is 11.4. The van der Waals surface area contributed by atoms with Crippen molar-refractivity contribution in [1.29, 1.82) is 0 Å². The highest BCUT2D eigenvalue weighted by atomic mass is 16.4. The summed E-state index contributed by atoms with van der Waals surface area (Å²) < 4.78 is 0. The van der Waals surface area contributed by atoms with Gasteiger partial charge < -0.3 is 10.4 Å². The summed E-state index contributed by atoms with van der Waals surface area (Å²) in [4.78, 5) is 22.4. The van der Waals surface area contributed by atoms with E-state index in [9.17, 15) is 9.59 Å². The van der Waals surface area contributed by atoms with Crippen LogP contribution in [-0.4, -0.2) is 23.0 Å². The number of carbonyl (C=O) groups is 2. The summed E-state index contributed by atoms with van der Waals surface area (Å²) in [5, 5.41) is 11.6. The van der Waals surface area contributed by atoms with Crippen molar-refractivity contribution < 1.29 is 14.7 Å². The molecule has 0 aliphatic carbocycles. The van der Waals surface area contributed by atoms with Crippen molar-refractivity contribution in [2.45, 2.75) is 31.2 Å². The van der Waals surface area contributed by atoms with Gasteiger partial charge in [-0.15, -0.1) is 0 Å². The van der Waals surface area contributed by atoms with Crippen LogP contribution < -0.4 is 5.32 Å². The smallest absolute Gasteiger partial charge is 0.326 e. The van der Waals surface area contributed by atoms with Gasteiger partial charge in [-0.05, 0) is 24.3 Å². The summed E-state index contributed by atoms with van der Waals surface area (Å²) in [6.07, 6.45) is 1.56. The fourth-order valence-corrected chi connectivity index (χ4v) is 2.22. The highest BCUT2D eigenvalue weighted by Crippen LogP contribution is 2.28. The van der Waals surface area contributed by atoms with Crippen LogP contribution in [0.3, 0.4) is 0 Å². The Morgan fingerprint density at radius 1 is 1.29 bits per heavy atom. The molecule has 0 saturated carbocycles. The molecule has 1 aromatic carbocycles.